The first-order valence-corrected chi connectivity index (χ1v) is 9.40. The molecule has 3 amide bonds. The van der Waals surface area contributed by atoms with Crippen LogP contribution in [0.5, 0.6) is 0 Å². The van der Waals surface area contributed by atoms with E-state index in [0.717, 1.165) is 10.9 Å². The number of aliphatic hydroxyl groups is 2. The van der Waals surface area contributed by atoms with Crippen LogP contribution >= 0.6 is 0 Å². The van der Waals surface area contributed by atoms with E-state index in [0.29, 0.717) is 5.56 Å². The zero-order valence-corrected chi connectivity index (χ0v) is 16.5. The monoisotopic (exact) mass is 435 g/mol. The lowest BCUT2D eigenvalue weighted by Gasteiger charge is -2.22. The van der Waals surface area contributed by atoms with Crippen molar-refractivity contribution in [2.24, 2.45) is 5.73 Å². The van der Waals surface area contributed by atoms with Crippen molar-refractivity contribution < 1.29 is 34.5 Å². The predicted molar refractivity (Wildman–Crippen MR) is 109 cm³/mol. The summed E-state index contributed by atoms with van der Waals surface area (Å²) < 4.78 is 0. The molecule has 12 nitrogen and oxygen atoms in total. The highest BCUT2D eigenvalue weighted by molar-refractivity contribution is 5.94. The number of hydrogen-bond acceptors (Lipinski definition) is 7. The van der Waals surface area contributed by atoms with Crippen molar-refractivity contribution in [3.63, 3.8) is 0 Å². The Morgan fingerprint density at radius 3 is 2.10 bits per heavy atom. The zero-order valence-electron chi connectivity index (χ0n) is 16.5. The van der Waals surface area contributed by atoms with Gasteiger partial charge < -0.3 is 42.0 Å². The number of nitrogens with two attached hydrogens (primary N) is 1. The van der Waals surface area contributed by atoms with E-state index in [9.17, 15) is 34.5 Å². The molecule has 0 spiro atoms. The largest absolute Gasteiger partial charge is 0.480 e. The molecule has 0 aliphatic rings. The third-order valence-electron chi connectivity index (χ3n) is 4.55. The number of benzene rings is 1. The summed E-state index contributed by atoms with van der Waals surface area (Å²) in [5, 5.41) is 35.7. The number of aliphatic hydroxyl groups excluding tert-OH is 2. The molecular formula is C19H25N5O7. The number of carboxylic acid groups (broad SMARTS) is 1. The molecular weight excluding hydrogens is 410 g/mol. The standard InChI is InChI=1S/C19H25N5O7/c20-6-16(27)22-14(8-25)17(28)24-15(9-26)18(29)23-13(19(30)31)5-10-7-21-12-4-2-1-3-11(10)12/h1-4,7,13-15,21,25-26H,5-6,8-9,20H2,(H,22,27)(H,23,29)(H,24,28)(H,30,31). The number of rotatable bonds is 11. The lowest BCUT2D eigenvalue weighted by atomic mass is 10.0. The summed E-state index contributed by atoms with van der Waals surface area (Å²) in [5.41, 5.74) is 6.61. The van der Waals surface area contributed by atoms with Crippen LogP contribution in [0.4, 0.5) is 0 Å². The zero-order chi connectivity index (χ0) is 23.0. The molecule has 1 aromatic heterocycles. The Kier molecular flexibility index (Phi) is 8.49. The van der Waals surface area contributed by atoms with Gasteiger partial charge in [-0.15, -0.1) is 0 Å². The van der Waals surface area contributed by atoms with Crippen molar-refractivity contribution >= 4 is 34.6 Å². The summed E-state index contributed by atoms with van der Waals surface area (Å²) in [6.45, 7) is -2.02. The number of para-hydroxylation sites is 1. The molecule has 12 heteroatoms. The van der Waals surface area contributed by atoms with Gasteiger partial charge in [0, 0.05) is 23.5 Å². The smallest absolute Gasteiger partial charge is 0.326 e. The van der Waals surface area contributed by atoms with Crippen LogP contribution in [0.2, 0.25) is 0 Å². The number of H-pyrrole nitrogens is 1. The van der Waals surface area contributed by atoms with E-state index >= 15 is 0 Å². The Labute approximate surface area is 176 Å². The maximum Gasteiger partial charge on any atom is 0.326 e. The Morgan fingerprint density at radius 1 is 0.935 bits per heavy atom. The Hall–Kier alpha value is -3.48. The van der Waals surface area contributed by atoms with Gasteiger partial charge in [0.15, 0.2) is 0 Å². The van der Waals surface area contributed by atoms with Gasteiger partial charge >= 0.3 is 5.97 Å². The molecule has 3 atom stereocenters. The fraction of sp³-hybridized carbons (Fsp3) is 0.368. The van der Waals surface area contributed by atoms with Crippen LogP contribution in [-0.2, 0) is 25.6 Å². The van der Waals surface area contributed by atoms with Gasteiger partial charge in [-0.3, -0.25) is 14.4 Å². The fourth-order valence-corrected chi connectivity index (χ4v) is 2.91. The molecule has 1 heterocycles. The van der Waals surface area contributed by atoms with Crippen LogP contribution < -0.4 is 21.7 Å². The molecule has 3 unspecified atom stereocenters. The van der Waals surface area contributed by atoms with Crippen molar-refractivity contribution in [3.05, 3.63) is 36.0 Å². The first-order valence-electron chi connectivity index (χ1n) is 9.40. The molecule has 0 aliphatic heterocycles. The van der Waals surface area contributed by atoms with E-state index in [4.69, 9.17) is 5.73 Å². The number of carbonyl (C=O) groups excluding carboxylic acids is 3. The minimum absolute atomic E-state index is 0.0387. The number of aromatic amines is 1. The lowest BCUT2D eigenvalue weighted by Crippen LogP contribution is -2.58. The predicted octanol–water partition coefficient (Wildman–Crippen LogP) is -2.81. The molecule has 1 aromatic carbocycles. The number of hydrogen-bond donors (Lipinski definition) is 8. The molecule has 0 radical (unpaired) electrons. The highest BCUT2D eigenvalue weighted by atomic mass is 16.4. The maximum absolute atomic E-state index is 12.5. The van der Waals surface area contributed by atoms with Gasteiger partial charge in [-0.1, -0.05) is 18.2 Å². The van der Waals surface area contributed by atoms with Gasteiger partial charge in [0.2, 0.25) is 17.7 Å². The normalized spacial score (nSPS) is 13.8. The van der Waals surface area contributed by atoms with Gasteiger partial charge in [-0.25, -0.2) is 4.79 Å². The minimum Gasteiger partial charge on any atom is -0.480 e. The van der Waals surface area contributed by atoms with E-state index in [2.05, 4.69) is 20.9 Å². The molecule has 0 fully saturated rings. The number of amides is 3. The summed E-state index contributed by atoms with van der Waals surface area (Å²) in [6.07, 6.45) is 1.60. The number of aromatic nitrogens is 1. The van der Waals surface area contributed by atoms with Gasteiger partial charge in [0.1, 0.15) is 18.1 Å². The van der Waals surface area contributed by atoms with Crippen LogP contribution in [0.3, 0.4) is 0 Å². The van der Waals surface area contributed by atoms with Crippen molar-refractivity contribution in [2.45, 2.75) is 24.5 Å². The number of carbonyl (C=O) groups is 4. The van der Waals surface area contributed by atoms with Gasteiger partial charge in [-0.2, -0.15) is 0 Å². The van der Waals surface area contributed by atoms with Crippen LogP contribution in [0.1, 0.15) is 5.56 Å². The van der Waals surface area contributed by atoms with Crippen molar-refractivity contribution in [2.75, 3.05) is 19.8 Å². The van der Waals surface area contributed by atoms with E-state index < -0.39 is 61.6 Å². The van der Waals surface area contributed by atoms with Crippen LogP contribution in [0.15, 0.2) is 30.5 Å². The summed E-state index contributed by atoms with van der Waals surface area (Å²) >= 11 is 0. The number of fused-ring (bicyclic) bond motifs is 1. The van der Waals surface area contributed by atoms with Crippen LogP contribution in [0.25, 0.3) is 10.9 Å². The van der Waals surface area contributed by atoms with E-state index in [1.54, 1.807) is 12.3 Å². The fourth-order valence-electron chi connectivity index (χ4n) is 2.91. The van der Waals surface area contributed by atoms with Crippen molar-refractivity contribution in [3.8, 4) is 0 Å². The quantitative estimate of drug-likeness (QED) is 0.184. The minimum atomic E-state index is -1.50. The molecule has 0 bridgehead atoms. The molecule has 2 rings (SSSR count). The number of nitrogens with one attached hydrogen (secondary N) is 4. The van der Waals surface area contributed by atoms with Crippen LogP contribution in [0, 0.1) is 0 Å². The van der Waals surface area contributed by atoms with Gasteiger partial charge in [0.05, 0.1) is 19.8 Å². The molecule has 0 saturated carbocycles. The Balaban J connectivity index is 2.06. The average Bonchev–Trinajstić information content (AvgIpc) is 3.17. The third kappa shape index (κ3) is 6.25. The summed E-state index contributed by atoms with van der Waals surface area (Å²) in [7, 11) is 0. The second-order valence-electron chi connectivity index (χ2n) is 6.71. The highest BCUT2D eigenvalue weighted by Gasteiger charge is 2.29. The maximum atomic E-state index is 12.5. The molecule has 168 valence electrons. The first-order chi connectivity index (χ1) is 14.8. The summed E-state index contributed by atoms with van der Waals surface area (Å²) in [4.78, 5) is 50.7. The third-order valence-corrected chi connectivity index (χ3v) is 4.55. The summed E-state index contributed by atoms with van der Waals surface area (Å²) in [5.74, 6) is -3.89. The summed E-state index contributed by atoms with van der Waals surface area (Å²) in [6, 6.07) is 3.04. The first kappa shape index (κ1) is 23.8. The van der Waals surface area contributed by atoms with Gasteiger partial charge in [-0.05, 0) is 11.6 Å². The van der Waals surface area contributed by atoms with Crippen molar-refractivity contribution in [1.82, 2.24) is 20.9 Å². The van der Waals surface area contributed by atoms with Crippen LogP contribution in [-0.4, -0.2) is 81.9 Å². The second-order valence-corrected chi connectivity index (χ2v) is 6.71. The lowest BCUT2D eigenvalue weighted by molar-refractivity contribution is -0.142. The Bertz CT molecular complexity index is 945. The molecule has 2 aromatic rings. The van der Waals surface area contributed by atoms with E-state index in [1.165, 1.54) is 0 Å². The highest BCUT2D eigenvalue weighted by Crippen LogP contribution is 2.19. The molecule has 0 saturated heterocycles. The topological polar surface area (TPSA) is 207 Å². The van der Waals surface area contributed by atoms with E-state index in [1.807, 2.05) is 18.2 Å². The van der Waals surface area contributed by atoms with Crippen molar-refractivity contribution in [1.29, 1.82) is 0 Å². The SMILES string of the molecule is NCC(=O)NC(CO)C(=O)NC(CO)C(=O)NC(Cc1c[nH]c2ccccc12)C(=O)O. The van der Waals surface area contributed by atoms with E-state index in [-0.39, 0.29) is 6.42 Å². The van der Waals surface area contributed by atoms with Gasteiger partial charge in [0.25, 0.3) is 0 Å². The Morgan fingerprint density at radius 2 is 1.52 bits per heavy atom. The molecule has 0 aliphatic carbocycles. The number of aliphatic carboxylic acids is 1. The second kappa shape index (κ2) is 11.1. The average molecular weight is 435 g/mol. The molecule has 31 heavy (non-hydrogen) atoms. The molecule has 9 N–H and O–H groups in total. The number of carboxylic acids is 1.